The van der Waals surface area contributed by atoms with Crippen LogP contribution in [0, 0.1) is 11.3 Å². The second-order valence-electron chi connectivity index (χ2n) is 4.14. The van der Waals surface area contributed by atoms with Crippen LogP contribution in [0.2, 0.25) is 0 Å². The summed E-state index contributed by atoms with van der Waals surface area (Å²) in [5, 5.41) is 16.4. The number of carboxylic acid groups (broad SMARTS) is 1. The number of nitrogen functional groups attached to an aromatic ring is 1. The highest BCUT2D eigenvalue weighted by Gasteiger charge is 2.16. The molecule has 0 radical (unpaired) electrons. The average molecular weight is 234 g/mol. The van der Waals surface area contributed by atoms with E-state index in [4.69, 9.17) is 16.2 Å². The van der Waals surface area contributed by atoms with Gasteiger partial charge in [0, 0.05) is 5.56 Å². The molecule has 1 atom stereocenters. The summed E-state index contributed by atoms with van der Waals surface area (Å²) in [6.45, 7) is 1.97. The first kappa shape index (κ1) is 13.2. The molecule has 0 aliphatic rings. The lowest BCUT2D eigenvalue weighted by Gasteiger charge is -2.11. The van der Waals surface area contributed by atoms with Crippen molar-refractivity contribution < 1.29 is 9.90 Å². The lowest BCUT2D eigenvalue weighted by Crippen LogP contribution is -2.17. The van der Waals surface area contributed by atoms with Gasteiger partial charge in [-0.05, 0) is 24.5 Å². The van der Waals surface area contributed by atoms with Gasteiger partial charge in [0.1, 0.15) is 5.84 Å². The molecule has 0 fully saturated rings. The van der Waals surface area contributed by atoms with Crippen LogP contribution in [0.1, 0.15) is 30.9 Å². The van der Waals surface area contributed by atoms with Crippen LogP contribution >= 0.6 is 0 Å². The number of hydrogen-bond donors (Lipinski definition) is 3. The number of benzene rings is 1. The Morgan fingerprint density at radius 2 is 2.24 bits per heavy atom. The van der Waals surface area contributed by atoms with E-state index in [0.717, 1.165) is 12.0 Å². The van der Waals surface area contributed by atoms with E-state index in [-0.39, 0.29) is 11.8 Å². The number of carbonyl (C=O) groups is 1. The molecule has 17 heavy (non-hydrogen) atoms. The topological polar surface area (TPSA) is 87.2 Å². The van der Waals surface area contributed by atoms with Crippen LogP contribution in [-0.2, 0) is 11.2 Å². The van der Waals surface area contributed by atoms with E-state index in [9.17, 15) is 4.79 Å². The monoisotopic (exact) mass is 234 g/mol. The highest BCUT2D eigenvalue weighted by atomic mass is 16.4. The van der Waals surface area contributed by atoms with E-state index in [2.05, 4.69) is 0 Å². The van der Waals surface area contributed by atoms with Crippen molar-refractivity contribution in [2.24, 2.45) is 11.7 Å². The fourth-order valence-electron chi connectivity index (χ4n) is 1.81. The Hall–Kier alpha value is -1.84. The SMILES string of the molecule is CCCC(Cc1cccc(C(=N)N)c1)C(=O)O. The molecule has 1 aromatic carbocycles. The molecule has 0 bridgehead atoms. The Balaban J connectivity index is 2.82. The minimum Gasteiger partial charge on any atom is -0.481 e. The van der Waals surface area contributed by atoms with E-state index < -0.39 is 5.97 Å². The molecule has 0 aliphatic carbocycles. The zero-order valence-corrected chi connectivity index (χ0v) is 9.94. The van der Waals surface area contributed by atoms with Gasteiger partial charge in [-0.25, -0.2) is 0 Å². The predicted molar refractivity (Wildman–Crippen MR) is 67.2 cm³/mol. The first-order valence-corrected chi connectivity index (χ1v) is 5.70. The molecule has 0 spiro atoms. The zero-order chi connectivity index (χ0) is 12.8. The molecule has 92 valence electrons. The van der Waals surface area contributed by atoms with Crippen molar-refractivity contribution in [2.45, 2.75) is 26.2 Å². The fraction of sp³-hybridized carbons (Fsp3) is 0.385. The summed E-state index contributed by atoms with van der Waals surface area (Å²) in [7, 11) is 0. The third-order valence-corrected chi connectivity index (χ3v) is 2.71. The van der Waals surface area contributed by atoms with Crippen LogP contribution in [0.4, 0.5) is 0 Å². The van der Waals surface area contributed by atoms with Crippen LogP contribution < -0.4 is 5.73 Å². The van der Waals surface area contributed by atoms with Gasteiger partial charge in [-0.1, -0.05) is 31.5 Å². The molecule has 0 saturated heterocycles. The zero-order valence-electron chi connectivity index (χ0n) is 9.94. The molecule has 0 saturated carbocycles. The first-order valence-electron chi connectivity index (χ1n) is 5.70. The van der Waals surface area contributed by atoms with E-state index in [1.807, 2.05) is 13.0 Å². The Bertz CT molecular complexity index is 416. The van der Waals surface area contributed by atoms with Gasteiger partial charge in [-0.3, -0.25) is 10.2 Å². The predicted octanol–water partition coefficient (Wildman–Crippen LogP) is 2.01. The van der Waals surface area contributed by atoms with Gasteiger partial charge in [0.2, 0.25) is 0 Å². The van der Waals surface area contributed by atoms with Crippen LogP contribution in [0.5, 0.6) is 0 Å². The second kappa shape index (κ2) is 6.03. The minimum atomic E-state index is -0.764. The fourth-order valence-corrected chi connectivity index (χ4v) is 1.81. The standard InChI is InChI=1S/C13H18N2O2/c1-2-4-11(13(16)17)8-9-5-3-6-10(7-9)12(14)15/h3,5-7,11H,2,4,8H2,1H3,(H3,14,15)(H,16,17). The van der Waals surface area contributed by atoms with E-state index in [1.165, 1.54) is 0 Å². The third kappa shape index (κ3) is 3.90. The molecule has 0 heterocycles. The Morgan fingerprint density at radius 1 is 1.53 bits per heavy atom. The largest absolute Gasteiger partial charge is 0.481 e. The van der Waals surface area contributed by atoms with Crippen molar-refractivity contribution in [1.82, 2.24) is 0 Å². The summed E-state index contributed by atoms with van der Waals surface area (Å²) >= 11 is 0. The number of carboxylic acids is 1. The van der Waals surface area contributed by atoms with Crippen LogP contribution in [0.25, 0.3) is 0 Å². The third-order valence-electron chi connectivity index (χ3n) is 2.71. The van der Waals surface area contributed by atoms with Crippen molar-refractivity contribution in [3.8, 4) is 0 Å². The van der Waals surface area contributed by atoms with Crippen LogP contribution in [-0.4, -0.2) is 16.9 Å². The molecule has 1 unspecified atom stereocenters. The Kier molecular flexibility index (Phi) is 4.69. The maximum Gasteiger partial charge on any atom is 0.306 e. The Labute approximate surface area is 101 Å². The van der Waals surface area contributed by atoms with Crippen LogP contribution in [0.3, 0.4) is 0 Å². The molecule has 1 aromatic rings. The lowest BCUT2D eigenvalue weighted by atomic mass is 9.94. The summed E-state index contributed by atoms with van der Waals surface area (Å²) in [5.41, 5.74) is 6.96. The number of amidine groups is 1. The highest BCUT2D eigenvalue weighted by molar-refractivity contribution is 5.95. The molecule has 0 aromatic heterocycles. The molecule has 4 nitrogen and oxygen atoms in total. The summed E-state index contributed by atoms with van der Waals surface area (Å²) < 4.78 is 0. The minimum absolute atomic E-state index is 0.00853. The normalized spacial score (nSPS) is 12.1. The van der Waals surface area contributed by atoms with Gasteiger partial charge in [0.15, 0.2) is 0 Å². The van der Waals surface area contributed by atoms with Gasteiger partial charge >= 0.3 is 5.97 Å². The maximum absolute atomic E-state index is 11.0. The van der Waals surface area contributed by atoms with E-state index in [0.29, 0.717) is 18.4 Å². The molecule has 1 rings (SSSR count). The van der Waals surface area contributed by atoms with Gasteiger partial charge in [-0.2, -0.15) is 0 Å². The molecule has 4 N–H and O–H groups in total. The number of nitrogens with two attached hydrogens (primary N) is 1. The van der Waals surface area contributed by atoms with Gasteiger partial charge in [-0.15, -0.1) is 0 Å². The number of nitrogens with one attached hydrogen (secondary N) is 1. The van der Waals surface area contributed by atoms with Gasteiger partial charge in [0.25, 0.3) is 0 Å². The summed E-state index contributed by atoms with van der Waals surface area (Å²) in [6.07, 6.45) is 2.01. The van der Waals surface area contributed by atoms with Crippen molar-refractivity contribution in [3.05, 3.63) is 35.4 Å². The number of aliphatic carboxylic acids is 1. The highest BCUT2D eigenvalue weighted by Crippen LogP contribution is 2.15. The molecule has 0 amide bonds. The average Bonchev–Trinajstić information content (AvgIpc) is 2.28. The van der Waals surface area contributed by atoms with E-state index in [1.54, 1.807) is 18.2 Å². The number of rotatable bonds is 6. The lowest BCUT2D eigenvalue weighted by molar-refractivity contribution is -0.141. The first-order chi connectivity index (χ1) is 8.04. The van der Waals surface area contributed by atoms with Gasteiger partial charge < -0.3 is 10.8 Å². The van der Waals surface area contributed by atoms with E-state index >= 15 is 0 Å². The quantitative estimate of drug-likeness (QED) is 0.519. The van der Waals surface area contributed by atoms with Crippen molar-refractivity contribution in [3.63, 3.8) is 0 Å². The number of hydrogen-bond acceptors (Lipinski definition) is 2. The van der Waals surface area contributed by atoms with Gasteiger partial charge in [0.05, 0.1) is 5.92 Å². The Morgan fingerprint density at radius 3 is 2.76 bits per heavy atom. The van der Waals surface area contributed by atoms with Crippen molar-refractivity contribution in [2.75, 3.05) is 0 Å². The molecule has 4 heteroatoms. The van der Waals surface area contributed by atoms with Crippen LogP contribution in [0.15, 0.2) is 24.3 Å². The molecular formula is C13H18N2O2. The summed E-state index contributed by atoms with van der Waals surface area (Å²) in [5.74, 6) is -1.11. The molecule has 0 aliphatic heterocycles. The molecular weight excluding hydrogens is 216 g/mol. The smallest absolute Gasteiger partial charge is 0.306 e. The maximum atomic E-state index is 11.0. The van der Waals surface area contributed by atoms with Crippen molar-refractivity contribution >= 4 is 11.8 Å². The summed E-state index contributed by atoms with van der Waals surface area (Å²) in [6, 6.07) is 7.21. The summed E-state index contributed by atoms with van der Waals surface area (Å²) in [4.78, 5) is 11.0. The van der Waals surface area contributed by atoms with Crippen molar-refractivity contribution in [1.29, 1.82) is 5.41 Å². The second-order valence-corrected chi connectivity index (χ2v) is 4.14.